The van der Waals surface area contributed by atoms with Crippen LogP contribution in [-0.4, -0.2) is 7.11 Å². The maximum atomic E-state index is 5.39. The second-order valence-electron chi connectivity index (χ2n) is 4.33. The second-order valence-corrected chi connectivity index (χ2v) is 4.33. The number of hydrogen-bond donors (Lipinski definition) is 1. The predicted octanol–water partition coefficient (Wildman–Crippen LogP) is 3.43. The number of ether oxygens (including phenoxy) is 1. The molecule has 0 radical (unpaired) electrons. The largest absolute Gasteiger partial charge is 0.381 e. The summed E-state index contributed by atoms with van der Waals surface area (Å²) in [6.07, 6.45) is 5.39. The molecule has 0 spiro atoms. The molecule has 19 heavy (non-hydrogen) atoms. The van der Waals surface area contributed by atoms with Crippen LogP contribution in [0.4, 0.5) is 5.69 Å². The van der Waals surface area contributed by atoms with Gasteiger partial charge in [-0.2, -0.15) is 0 Å². The second kappa shape index (κ2) is 6.63. The van der Waals surface area contributed by atoms with E-state index >= 15 is 0 Å². The van der Waals surface area contributed by atoms with Crippen LogP contribution < -0.4 is 5.32 Å². The zero-order chi connectivity index (χ0) is 13.5. The topological polar surface area (TPSA) is 21.3 Å². The number of hydrogen-bond acceptors (Lipinski definition) is 2. The zero-order valence-electron chi connectivity index (χ0n) is 11.0. The number of terminal acetylenes is 1. The molecule has 0 fully saturated rings. The Balaban J connectivity index is 2.01. The first kappa shape index (κ1) is 13.2. The van der Waals surface area contributed by atoms with Gasteiger partial charge in [-0.3, -0.25) is 0 Å². The van der Waals surface area contributed by atoms with Crippen LogP contribution in [0.2, 0.25) is 0 Å². The van der Waals surface area contributed by atoms with Crippen molar-refractivity contribution in [2.24, 2.45) is 0 Å². The third-order valence-corrected chi connectivity index (χ3v) is 2.83. The normalized spacial score (nSPS) is 9.89. The number of anilines is 1. The van der Waals surface area contributed by atoms with Gasteiger partial charge >= 0.3 is 0 Å². The number of rotatable bonds is 5. The molecule has 2 aromatic rings. The lowest BCUT2D eigenvalue weighted by molar-refractivity contribution is 0.185. The highest BCUT2D eigenvalue weighted by molar-refractivity contribution is 5.50. The highest BCUT2D eigenvalue weighted by Gasteiger charge is 1.97. The van der Waals surface area contributed by atoms with E-state index in [0.29, 0.717) is 6.61 Å². The minimum Gasteiger partial charge on any atom is -0.381 e. The van der Waals surface area contributed by atoms with Crippen LogP contribution >= 0.6 is 0 Å². The Morgan fingerprint density at radius 2 is 1.89 bits per heavy atom. The van der Waals surface area contributed by atoms with Crippen molar-refractivity contribution in [1.29, 1.82) is 0 Å². The Labute approximate surface area is 114 Å². The Bertz CT molecular complexity index is 584. The van der Waals surface area contributed by atoms with Crippen LogP contribution in [0.25, 0.3) is 0 Å². The molecule has 0 aliphatic rings. The molecule has 2 nitrogen and oxygen atoms in total. The molecular weight excluding hydrogens is 234 g/mol. The van der Waals surface area contributed by atoms with E-state index in [1.807, 2.05) is 30.3 Å². The average molecular weight is 251 g/mol. The molecular formula is C17H17NO. The van der Waals surface area contributed by atoms with Crippen LogP contribution in [0.5, 0.6) is 0 Å². The SMILES string of the molecule is C#Cc1cccc(NCc2cccc(COC)c2)c1. The van der Waals surface area contributed by atoms with Crippen molar-refractivity contribution >= 4 is 5.69 Å². The van der Waals surface area contributed by atoms with Gasteiger partial charge in [-0.25, -0.2) is 0 Å². The minimum absolute atomic E-state index is 0.639. The minimum atomic E-state index is 0.639. The van der Waals surface area contributed by atoms with Crippen LogP contribution in [-0.2, 0) is 17.9 Å². The summed E-state index contributed by atoms with van der Waals surface area (Å²) >= 11 is 0. The standard InChI is InChI=1S/C17H17NO/c1-3-14-6-5-9-17(11-14)18-12-15-7-4-8-16(10-15)13-19-2/h1,4-11,18H,12-13H2,2H3. The van der Waals surface area contributed by atoms with Gasteiger partial charge in [0.15, 0.2) is 0 Å². The van der Waals surface area contributed by atoms with Gasteiger partial charge < -0.3 is 10.1 Å². The molecule has 0 heterocycles. The molecule has 96 valence electrons. The molecule has 0 aliphatic heterocycles. The van der Waals surface area contributed by atoms with Crippen molar-refractivity contribution < 1.29 is 4.74 Å². The van der Waals surface area contributed by atoms with Gasteiger partial charge in [-0.05, 0) is 29.3 Å². The Hall–Kier alpha value is -2.24. The Kier molecular flexibility index (Phi) is 4.60. The molecule has 0 amide bonds. The summed E-state index contributed by atoms with van der Waals surface area (Å²) in [7, 11) is 1.70. The Morgan fingerprint density at radius 1 is 1.11 bits per heavy atom. The first-order valence-corrected chi connectivity index (χ1v) is 6.19. The van der Waals surface area contributed by atoms with E-state index in [2.05, 4.69) is 29.4 Å². The lowest BCUT2D eigenvalue weighted by Gasteiger charge is -2.08. The number of methoxy groups -OCH3 is 1. The number of nitrogens with one attached hydrogen (secondary N) is 1. The molecule has 0 saturated carbocycles. The summed E-state index contributed by atoms with van der Waals surface area (Å²) in [5.41, 5.74) is 4.32. The van der Waals surface area contributed by atoms with Gasteiger partial charge in [0.25, 0.3) is 0 Å². The third-order valence-electron chi connectivity index (χ3n) is 2.83. The van der Waals surface area contributed by atoms with Crippen molar-refractivity contribution in [3.63, 3.8) is 0 Å². The quantitative estimate of drug-likeness (QED) is 0.822. The predicted molar refractivity (Wildman–Crippen MR) is 78.9 cm³/mol. The molecule has 1 N–H and O–H groups in total. The maximum Gasteiger partial charge on any atom is 0.0713 e. The lowest BCUT2D eigenvalue weighted by Crippen LogP contribution is -2.00. The van der Waals surface area contributed by atoms with Crippen molar-refractivity contribution in [2.75, 3.05) is 12.4 Å². The third kappa shape index (κ3) is 3.87. The van der Waals surface area contributed by atoms with Crippen molar-refractivity contribution in [1.82, 2.24) is 0 Å². The summed E-state index contributed by atoms with van der Waals surface area (Å²) in [6.45, 7) is 1.41. The molecule has 0 saturated heterocycles. The van der Waals surface area contributed by atoms with Crippen molar-refractivity contribution in [3.05, 3.63) is 65.2 Å². The van der Waals surface area contributed by atoms with Gasteiger partial charge in [0.05, 0.1) is 6.61 Å². The molecule has 0 bridgehead atoms. The summed E-state index contributed by atoms with van der Waals surface area (Å²) in [5, 5.41) is 3.37. The van der Waals surface area contributed by atoms with E-state index < -0.39 is 0 Å². The van der Waals surface area contributed by atoms with Crippen molar-refractivity contribution in [3.8, 4) is 12.3 Å². The monoisotopic (exact) mass is 251 g/mol. The van der Waals surface area contributed by atoms with Crippen LogP contribution in [0.15, 0.2) is 48.5 Å². The molecule has 0 aliphatic carbocycles. The van der Waals surface area contributed by atoms with E-state index in [4.69, 9.17) is 11.2 Å². The fourth-order valence-electron chi connectivity index (χ4n) is 1.92. The summed E-state index contributed by atoms with van der Waals surface area (Å²) in [5.74, 6) is 2.63. The summed E-state index contributed by atoms with van der Waals surface area (Å²) in [4.78, 5) is 0. The molecule has 0 atom stereocenters. The van der Waals surface area contributed by atoms with Gasteiger partial charge in [0, 0.05) is 24.9 Å². The highest BCUT2D eigenvalue weighted by atomic mass is 16.5. The van der Waals surface area contributed by atoms with Crippen LogP contribution in [0.3, 0.4) is 0 Å². The molecule has 2 rings (SSSR count). The molecule has 0 unspecified atom stereocenters. The summed E-state index contributed by atoms with van der Waals surface area (Å²) in [6, 6.07) is 16.2. The lowest BCUT2D eigenvalue weighted by atomic mass is 10.1. The smallest absolute Gasteiger partial charge is 0.0713 e. The first-order chi connectivity index (χ1) is 9.31. The highest BCUT2D eigenvalue weighted by Crippen LogP contribution is 2.12. The summed E-state index contributed by atoms with van der Waals surface area (Å²) < 4.78 is 5.13. The van der Waals surface area contributed by atoms with Gasteiger partial charge in [-0.15, -0.1) is 6.42 Å². The molecule has 2 heteroatoms. The van der Waals surface area contributed by atoms with Gasteiger partial charge in [-0.1, -0.05) is 36.3 Å². The van der Waals surface area contributed by atoms with Gasteiger partial charge in [0.1, 0.15) is 0 Å². The molecule has 0 aromatic heterocycles. The first-order valence-electron chi connectivity index (χ1n) is 6.19. The van der Waals surface area contributed by atoms with E-state index in [9.17, 15) is 0 Å². The van der Waals surface area contributed by atoms with E-state index in [-0.39, 0.29) is 0 Å². The van der Waals surface area contributed by atoms with E-state index in [0.717, 1.165) is 17.8 Å². The van der Waals surface area contributed by atoms with Crippen LogP contribution in [0, 0.1) is 12.3 Å². The zero-order valence-corrected chi connectivity index (χ0v) is 11.0. The van der Waals surface area contributed by atoms with Crippen molar-refractivity contribution in [2.45, 2.75) is 13.2 Å². The van der Waals surface area contributed by atoms with E-state index in [1.54, 1.807) is 7.11 Å². The Morgan fingerprint density at radius 3 is 2.68 bits per heavy atom. The van der Waals surface area contributed by atoms with Gasteiger partial charge in [0.2, 0.25) is 0 Å². The number of benzene rings is 2. The van der Waals surface area contributed by atoms with Crippen LogP contribution in [0.1, 0.15) is 16.7 Å². The average Bonchev–Trinajstić information content (AvgIpc) is 2.46. The fourth-order valence-corrected chi connectivity index (χ4v) is 1.92. The molecule has 2 aromatic carbocycles. The maximum absolute atomic E-state index is 5.39. The van der Waals surface area contributed by atoms with E-state index in [1.165, 1.54) is 11.1 Å². The fraction of sp³-hybridized carbons (Fsp3) is 0.176.